The van der Waals surface area contributed by atoms with Crippen molar-refractivity contribution in [3.8, 4) is 12.1 Å². The highest BCUT2D eigenvalue weighted by Crippen LogP contribution is 2.51. The van der Waals surface area contributed by atoms with Crippen LogP contribution in [0, 0.1) is 22.7 Å². The Balaban J connectivity index is 2.02. The Labute approximate surface area is 136 Å². The Bertz CT molecular complexity index is 1190. The van der Waals surface area contributed by atoms with Crippen LogP contribution in [0.15, 0.2) is 54.1 Å². The van der Waals surface area contributed by atoms with Crippen LogP contribution >= 0.6 is 0 Å². The third-order valence-electron chi connectivity index (χ3n) is 4.72. The fourth-order valence-electron chi connectivity index (χ4n) is 3.70. The molecule has 0 saturated heterocycles. The number of hydrogen-bond acceptors (Lipinski definition) is 4. The zero-order valence-corrected chi connectivity index (χ0v) is 12.3. The lowest BCUT2D eigenvalue weighted by atomic mass is 9.82. The first-order chi connectivity index (χ1) is 11.7. The average molecular weight is 308 g/mol. The van der Waals surface area contributed by atoms with Gasteiger partial charge in [-0.05, 0) is 12.1 Å². The summed E-state index contributed by atoms with van der Waals surface area (Å²) >= 11 is 0. The Morgan fingerprint density at radius 2 is 1.62 bits per heavy atom. The summed E-state index contributed by atoms with van der Waals surface area (Å²) in [5.74, 6) is 0.0415. The minimum absolute atomic E-state index is 0.224. The van der Waals surface area contributed by atoms with Crippen LogP contribution in [0.5, 0.6) is 0 Å². The largest absolute Gasteiger partial charge is 0.293 e. The van der Waals surface area contributed by atoms with E-state index in [0.717, 1.165) is 11.1 Å². The maximum atomic E-state index is 12.9. The van der Waals surface area contributed by atoms with Gasteiger partial charge in [-0.15, -0.1) is 0 Å². The molecule has 2 heterocycles. The van der Waals surface area contributed by atoms with Crippen molar-refractivity contribution in [3.05, 3.63) is 71.1 Å². The molecule has 0 amide bonds. The van der Waals surface area contributed by atoms with Gasteiger partial charge in [0.2, 0.25) is 5.41 Å². The molecule has 110 valence electrons. The number of Topliss-reactive ketones (excluding diaryl/α,β-unsaturated/α-hetero) is 1. The van der Waals surface area contributed by atoms with Crippen molar-refractivity contribution in [2.75, 3.05) is 0 Å². The topological polar surface area (TPSA) is 82.5 Å². The van der Waals surface area contributed by atoms with Crippen LogP contribution in [0.25, 0.3) is 16.7 Å². The third-order valence-corrected chi connectivity index (χ3v) is 4.72. The summed E-state index contributed by atoms with van der Waals surface area (Å²) in [4.78, 5) is 17.4. The number of rotatable bonds is 0. The number of hydrogen-bond donors (Lipinski definition) is 0. The molecule has 1 aliphatic heterocycles. The summed E-state index contributed by atoms with van der Waals surface area (Å²) in [5, 5.41) is 19.6. The average Bonchev–Trinajstić information content (AvgIpc) is 3.23. The van der Waals surface area contributed by atoms with Gasteiger partial charge in [0.15, 0.2) is 11.6 Å². The van der Waals surface area contributed by atoms with Crippen molar-refractivity contribution >= 4 is 22.5 Å². The number of nitriles is 2. The Morgan fingerprint density at radius 3 is 2.38 bits per heavy atom. The van der Waals surface area contributed by atoms with Crippen LogP contribution in [0.4, 0.5) is 0 Å². The lowest BCUT2D eigenvalue weighted by Crippen LogP contribution is -2.27. The molecule has 0 radical (unpaired) electrons. The second-order valence-corrected chi connectivity index (χ2v) is 5.83. The van der Waals surface area contributed by atoms with Gasteiger partial charge in [0.1, 0.15) is 0 Å². The van der Waals surface area contributed by atoms with Gasteiger partial charge in [-0.2, -0.15) is 10.5 Å². The molecule has 0 saturated carbocycles. The summed E-state index contributed by atoms with van der Waals surface area (Å²) < 4.78 is 1.79. The van der Waals surface area contributed by atoms with Crippen LogP contribution in [0.3, 0.4) is 0 Å². The van der Waals surface area contributed by atoms with Gasteiger partial charge in [-0.1, -0.05) is 36.4 Å². The molecule has 24 heavy (non-hydrogen) atoms. The molecular formula is C19H8N4O. The summed E-state index contributed by atoms with van der Waals surface area (Å²) in [5.41, 5.74) is 1.92. The van der Waals surface area contributed by atoms with Crippen LogP contribution < -0.4 is 0 Å². The number of aromatic nitrogens is 2. The molecule has 0 N–H and O–H groups in total. The fraction of sp³-hybridized carbons (Fsp3) is 0.0526. The van der Waals surface area contributed by atoms with E-state index in [1.54, 1.807) is 16.7 Å². The number of allylic oxidation sites excluding steroid dienone is 1. The van der Waals surface area contributed by atoms with E-state index < -0.39 is 5.41 Å². The van der Waals surface area contributed by atoms with E-state index in [9.17, 15) is 15.3 Å². The summed E-state index contributed by atoms with van der Waals surface area (Å²) in [6.45, 7) is 0. The SMILES string of the molecule is N#CC1(C#N)C2=C(c3ccccc3C2=O)n2c1nc1ccccc12. The Morgan fingerprint density at radius 1 is 0.958 bits per heavy atom. The number of benzene rings is 2. The molecule has 2 aliphatic rings. The molecule has 5 rings (SSSR count). The molecule has 5 nitrogen and oxygen atoms in total. The Kier molecular flexibility index (Phi) is 2.12. The number of fused-ring (bicyclic) bond motifs is 6. The van der Waals surface area contributed by atoms with Crippen LogP contribution in [-0.2, 0) is 5.41 Å². The second-order valence-electron chi connectivity index (χ2n) is 5.83. The molecule has 5 heteroatoms. The van der Waals surface area contributed by atoms with E-state index in [4.69, 9.17) is 0 Å². The van der Waals surface area contributed by atoms with Crippen LogP contribution in [0.1, 0.15) is 21.7 Å². The normalized spacial score (nSPS) is 16.5. The second kappa shape index (κ2) is 3.98. The minimum Gasteiger partial charge on any atom is -0.293 e. The minimum atomic E-state index is -1.68. The van der Waals surface area contributed by atoms with Crippen molar-refractivity contribution in [1.29, 1.82) is 10.5 Å². The van der Waals surface area contributed by atoms with Crippen molar-refractivity contribution in [1.82, 2.24) is 9.55 Å². The zero-order chi connectivity index (χ0) is 16.5. The van der Waals surface area contributed by atoms with E-state index in [-0.39, 0.29) is 11.4 Å². The van der Waals surface area contributed by atoms with Crippen molar-refractivity contribution in [2.24, 2.45) is 0 Å². The van der Waals surface area contributed by atoms with E-state index in [0.29, 0.717) is 22.6 Å². The van der Waals surface area contributed by atoms with E-state index in [1.165, 1.54) is 0 Å². The van der Waals surface area contributed by atoms with E-state index >= 15 is 0 Å². The first-order valence-corrected chi connectivity index (χ1v) is 7.42. The van der Waals surface area contributed by atoms with E-state index in [2.05, 4.69) is 17.1 Å². The quantitative estimate of drug-likeness (QED) is 0.639. The molecule has 0 bridgehead atoms. The third kappa shape index (κ3) is 1.17. The zero-order valence-electron chi connectivity index (χ0n) is 12.3. The first kappa shape index (κ1) is 12.8. The molecule has 2 aromatic carbocycles. The van der Waals surface area contributed by atoms with Gasteiger partial charge < -0.3 is 0 Å². The van der Waals surface area contributed by atoms with Gasteiger partial charge in [0, 0.05) is 11.1 Å². The summed E-state index contributed by atoms with van der Waals surface area (Å²) in [6.07, 6.45) is 0. The highest BCUT2D eigenvalue weighted by atomic mass is 16.1. The predicted molar refractivity (Wildman–Crippen MR) is 85.7 cm³/mol. The van der Waals surface area contributed by atoms with Crippen LogP contribution in [0.2, 0.25) is 0 Å². The van der Waals surface area contributed by atoms with Gasteiger partial charge in [-0.3, -0.25) is 9.36 Å². The predicted octanol–water partition coefficient (Wildman–Crippen LogP) is 2.79. The van der Waals surface area contributed by atoms with Crippen molar-refractivity contribution in [3.63, 3.8) is 0 Å². The lowest BCUT2D eigenvalue weighted by molar-refractivity contribution is 0.103. The molecule has 3 aromatic rings. The molecular weight excluding hydrogens is 300 g/mol. The summed E-state index contributed by atoms with van der Waals surface area (Å²) in [6, 6.07) is 18.8. The molecule has 0 unspecified atom stereocenters. The maximum absolute atomic E-state index is 12.9. The maximum Gasteiger partial charge on any atom is 0.231 e. The van der Waals surface area contributed by atoms with Crippen molar-refractivity contribution in [2.45, 2.75) is 5.41 Å². The fourth-order valence-corrected chi connectivity index (χ4v) is 3.70. The number of carbonyl (C=O) groups excluding carboxylic acids is 1. The van der Waals surface area contributed by atoms with Gasteiger partial charge in [0.25, 0.3) is 0 Å². The number of nitrogens with zero attached hydrogens (tertiary/aromatic N) is 4. The molecule has 0 atom stereocenters. The lowest BCUT2D eigenvalue weighted by Gasteiger charge is -2.13. The number of carbonyl (C=O) groups is 1. The standard InChI is InChI=1S/C19H8N4O/c20-9-19(10-21)15-16(11-5-1-2-6-12(11)17(15)24)23-14-8-4-3-7-13(14)22-18(19)23/h1-8H. The summed E-state index contributed by atoms with van der Waals surface area (Å²) in [7, 11) is 0. The van der Waals surface area contributed by atoms with Gasteiger partial charge in [0.05, 0.1) is 34.4 Å². The molecule has 1 aliphatic carbocycles. The number of para-hydroxylation sites is 2. The molecule has 0 fully saturated rings. The van der Waals surface area contributed by atoms with Gasteiger partial charge >= 0.3 is 0 Å². The van der Waals surface area contributed by atoms with E-state index in [1.807, 2.05) is 36.4 Å². The number of imidazole rings is 1. The molecule has 0 spiro atoms. The number of ketones is 1. The van der Waals surface area contributed by atoms with Crippen LogP contribution in [-0.4, -0.2) is 15.3 Å². The molecule has 1 aromatic heterocycles. The monoisotopic (exact) mass is 308 g/mol. The van der Waals surface area contributed by atoms with Crippen molar-refractivity contribution < 1.29 is 4.79 Å². The Hall–Kier alpha value is -3.70. The highest BCUT2D eigenvalue weighted by Gasteiger charge is 2.55. The highest BCUT2D eigenvalue weighted by molar-refractivity contribution is 6.24. The first-order valence-electron chi connectivity index (χ1n) is 7.42. The smallest absolute Gasteiger partial charge is 0.231 e. The van der Waals surface area contributed by atoms with Gasteiger partial charge in [-0.25, -0.2) is 4.98 Å².